The number of aliphatic hydroxyl groups is 1. The van der Waals surface area contributed by atoms with Gasteiger partial charge in [-0.25, -0.2) is 0 Å². The largest absolute Gasteiger partial charge is 0.398 e. The van der Waals surface area contributed by atoms with E-state index in [4.69, 9.17) is 5.73 Å². The molecule has 1 aromatic heterocycles. The number of nitrogen functional groups attached to an aromatic ring is 1. The van der Waals surface area contributed by atoms with Crippen molar-refractivity contribution in [2.24, 2.45) is 0 Å². The van der Waals surface area contributed by atoms with E-state index in [9.17, 15) is 5.11 Å². The minimum atomic E-state index is -0.473. The second kappa shape index (κ2) is 5.21. The fourth-order valence-corrected chi connectivity index (χ4v) is 2.43. The summed E-state index contributed by atoms with van der Waals surface area (Å²) in [4.78, 5) is 1.12. The first kappa shape index (κ1) is 12.0. The number of benzene rings is 1. The van der Waals surface area contributed by atoms with E-state index in [0.29, 0.717) is 6.54 Å². The Labute approximate surface area is 105 Å². The number of hydrogen-bond acceptors (Lipinski definition) is 4. The van der Waals surface area contributed by atoms with E-state index in [1.165, 1.54) is 0 Å². The van der Waals surface area contributed by atoms with Gasteiger partial charge < -0.3 is 16.2 Å². The van der Waals surface area contributed by atoms with Crippen molar-refractivity contribution in [3.8, 4) is 0 Å². The Morgan fingerprint density at radius 2 is 2.12 bits per heavy atom. The van der Waals surface area contributed by atoms with E-state index in [1.54, 1.807) is 18.3 Å². The van der Waals surface area contributed by atoms with Crippen LogP contribution in [0.3, 0.4) is 0 Å². The Morgan fingerprint density at radius 3 is 2.76 bits per heavy atom. The molecule has 1 aromatic carbocycles. The van der Waals surface area contributed by atoms with Crippen molar-refractivity contribution in [2.45, 2.75) is 19.6 Å². The number of nitrogens with two attached hydrogens (primary N) is 1. The standard InChI is InChI=1S/C13H16N2OS/c1-9(16)10-4-2-3-5-12(10)15-8-13-11(14)6-7-17-13/h2-7,9,15-16H,8,14H2,1H3. The normalized spacial score (nSPS) is 12.4. The third-order valence-corrected chi connectivity index (χ3v) is 3.57. The highest BCUT2D eigenvalue weighted by molar-refractivity contribution is 7.10. The first-order chi connectivity index (χ1) is 8.18. The van der Waals surface area contributed by atoms with Crippen molar-refractivity contribution in [3.05, 3.63) is 46.2 Å². The summed E-state index contributed by atoms with van der Waals surface area (Å²) < 4.78 is 0. The zero-order valence-electron chi connectivity index (χ0n) is 9.68. The van der Waals surface area contributed by atoms with Gasteiger partial charge in [-0.15, -0.1) is 11.3 Å². The third kappa shape index (κ3) is 2.78. The molecule has 17 heavy (non-hydrogen) atoms. The van der Waals surface area contributed by atoms with Gasteiger partial charge in [0.25, 0.3) is 0 Å². The maximum absolute atomic E-state index is 9.65. The van der Waals surface area contributed by atoms with E-state index in [0.717, 1.165) is 21.8 Å². The molecule has 0 amide bonds. The summed E-state index contributed by atoms with van der Waals surface area (Å²) in [5.41, 5.74) is 8.50. The van der Waals surface area contributed by atoms with Gasteiger partial charge in [0.1, 0.15) is 0 Å². The second-order valence-corrected chi connectivity index (χ2v) is 4.92. The summed E-state index contributed by atoms with van der Waals surface area (Å²) in [5, 5.41) is 14.9. The highest BCUT2D eigenvalue weighted by Gasteiger charge is 2.07. The molecule has 0 aliphatic heterocycles. The molecule has 2 rings (SSSR count). The fraction of sp³-hybridized carbons (Fsp3) is 0.231. The molecule has 0 fully saturated rings. The van der Waals surface area contributed by atoms with Crippen molar-refractivity contribution in [3.63, 3.8) is 0 Å². The molecule has 0 saturated carbocycles. The fourth-order valence-electron chi connectivity index (χ4n) is 1.69. The molecular weight excluding hydrogens is 232 g/mol. The van der Waals surface area contributed by atoms with Crippen LogP contribution in [0.5, 0.6) is 0 Å². The van der Waals surface area contributed by atoms with Gasteiger partial charge >= 0.3 is 0 Å². The van der Waals surface area contributed by atoms with Crippen molar-refractivity contribution in [1.82, 2.24) is 0 Å². The van der Waals surface area contributed by atoms with Gasteiger partial charge in [-0.3, -0.25) is 0 Å². The van der Waals surface area contributed by atoms with Crippen LogP contribution in [-0.4, -0.2) is 5.11 Å². The molecule has 1 atom stereocenters. The average molecular weight is 248 g/mol. The quantitative estimate of drug-likeness (QED) is 0.779. The number of aliphatic hydroxyl groups excluding tert-OH is 1. The maximum Gasteiger partial charge on any atom is 0.0781 e. The van der Waals surface area contributed by atoms with Crippen LogP contribution >= 0.6 is 11.3 Å². The SMILES string of the molecule is CC(O)c1ccccc1NCc1sccc1N. The van der Waals surface area contributed by atoms with E-state index in [1.807, 2.05) is 35.7 Å². The Bertz CT molecular complexity index is 494. The van der Waals surface area contributed by atoms with E-state index >= 15 is 0 Å². The molecule has 4 N–H and O–H groups in total. The Balaban J connectivity index is 2.11. The van der Waals surface area contributed by atoms with E-state index < -0.39 is 6.10 Å². The summed E-state index contributed by atoms with van der Waals surface area (Å²) in [6, 6.07) is 9.66. The smallest absolute Gasteiger partial charge is 0.0781 e. The summed E-state index contributed by atoms with van der Waals surface area (Å²) in [5.74, 6) is 0. The molecule has 0 saturated heterocycles. The van der Waals surface area contributed by atoms with Gasteiger partial charge in [0, 0.05) is 21.8 Å². The lowest BCUT2D eigenvalue weighted by atomic mass is 10.1. The van der Waals surface area contributed by atoms with Gasteiger partial charge in [0.15, 0.2) is 0 Å². The Kier molecular flexibility index (Phi) is 3.66. The highest BCUT2D eigenvalue weighted by atomic mass is 32.1. The number of hydrogen-bond donors (Lipinski definition) is 3. The van der Waals surface area contributed by atoms with Crippen molar-refractivity contribution in [2.75, 3.05) is 11.1 Å². The van der Waals surface area contributed by atoms with E-state index in [-0.39, 0.29) is 0 Å². The molecule has 4 heteroatoms. The van der Waals surface area contributed by atoms with Crippen LogP contribution in [0.4, 0.5) is 11.4 Å². The lowest BCUT2D eigenvalue weighted by Crippen LogP contribution is -2.04. The zero-order valence-corrected chi connectivity index (χ0v) is 10.5. The molecule has 0 aliphatic carbocycles. The lowest BCUT2D eigenvalue weighted by Gasteiger charge is -2.13. The number of rotatable bonds is 4. The number of nitrogens with one attached hydrogen (secondary N) is 1. The van der Waals surface area contributed by atoms with E-state index in [2.05, 4.69) is 5.32 Å². The minimum Gasteiger partial charge on any atom is -0.398 e. The summed E-state index contributed by atoms with van der Waals surface area (Å²) in [6.07, 6.45) is -0.473. The van der Waals surface area contributed by atoms with Crippen LogP contribution in [0.15, 0.2) is 35.7 Å². The average Bonchev–Trinajstić information content (AvgIpc) is 2.72. The predicted octanol–water partition coefficient (Wildman–Crippen LogP) is 3.00. The first-order valence-electron chi connectivity index (χ1n) is 5.51. The zero-order chi connectivity index (χ0) is 12.3. The summed E-state index contributed by atoms with van der Waals surface area (Å²) >= 11 is 1.63. The molecule has 1 heterocycles. The van der Waals surface area contributed by atoms with Gasteiger partial charge in [-0.1, -0.05) is 18.2 Å². The minimum absolute atomic E-state index is 0.473. The molecule has 2 aromatic rings. The van der Waals surface area contributed by atoms with Crippen LogP contribution in [0.2, 0.25) is 0 Å². The highest BCUT2D eigenvalue weighted by Crippen LogP contribution is 2.25. The van der Waals surface area contributed by atoms with Gasteiger partial charge in [0.2, 0.25) is 0 Å². The molecule has 3 nitrogen and oxygen atoms in total. The molecule has 0 spiro atoms. The van der Waals surface area contributed by atoms with Crippen LogP contribution in [0.1, 0.15) is 23.5 Å². The number of thiophene rings is 1. The number of anilines is 2. The maximum atomic E-state index is 9.65. The van der Waals surface area contributed by atoms with Gasteiger partial charge in [-0.05, 0) is 24.4 Å². The summed E-state index contributed by atoms with van der Waals surface area (Å²) in [6.45, 7) is 2.45. The van der Waals surface area contributed by atoms with Crippen LogP contribution < -0.4 is 11.1 Å². The van der Waals surface area contributed by atoms with Crippen LogP contribution in [-0.2, 0) is 6.54 Å². The van der Waals surface area contributed by atoms with Gasteiger partial charge in [0.05, 0.1) is 12.6 Å². The monoisotopic (exact) mass is 248 g/mol. The van der Waals surface area contributed by atoms with Crippen molar-refractivity contribution < 1.29 is 5.11 Å². The topological polar surface area (TPSA) is 58.3 Å². The number of para-hydroxylation sites is 1. The Hall–Kier alpha value is -1.52. The molecule has 0 bridgehead atoms. The Morgan fingerprint density at radius 1 is 1.35 bits per heavy atom. The summed E-state index contributed by atoms with van der Waals surface area (Å²) in [7, 11) is 0. The second-order valence-electron chi connectivity index (χ2n) is 3.92. The van der Waals surface area contributed by atoms with Gasteiger partial charge in [-0.2, -0.15) is 0 Å². The predicted molar refractivity (Wildman–Crippen MR) is 73.1 cm³/mol. The molecule has 90 valence electrons. The molecule has 0 aliphatic rings. The van der Waals surface area contributed by atoms with Crippen LogP contribution in [0, 0.1) is 0 Å². The lowest BCUT2D eigenvalue weighted by molar-refractivity contribution is 0.200. The molecule has 0 radical (unpaired) electrons. The molecular formula is C13H16N2OS. The third-order valence-electron chi connectivity index (χ3n) is 2.63. The van der Waals surface area contributed by atoms with Crippen molar-refractivity contribution in [1.29, 1.82) is 0 Å². The first-order valence-corrected chi connectivity index (χ1v) is 6.39. The molecule has 1 unspecified atom stereocenters. The van der Waals surface area contributed by atoms with Crippen molar-refractivity contribution >= 4 is 22.7 Å². The van der Waals surface area contributed by atoms with Crippen LogP contribution in [0.25, 0.3) is 0 Å².